The quantitative estimate of drug-likeness (QED) is 0.648. The van der Waals surface area contributed by atoms with Gasteiger partial charge in [0.05, 0.1) is 12.6 Å². The van der Waals surface area contributed by atoms with E-state index in [1.165, 1.54) is 4.90 Å². The van der Waals surface area contributed by atoms with E-state index in [0.29, 0.717) is 24.4 Å². The highest BCUT2D eigenvalue weighted by atomic mass is 32.2. The number of nitrogens with one attached hydrogen (secondary N) is 2. The van der Waals surface area contributed by atoms with Crippen LogP contribution in [0, 0.1) is 0 Å². The highest BCUT2D eigenvalue weighted by Gasteiger charge is 2.44. The number of ether oxygens (including phenoxy) is 1. The van der Waals surface area contributed by atoms with Crippen molar-refractivity contribution in [2.75, 3.05) is 39.8 Å². The van der Waals surface area contributed by atoms with Crippen LogP contribution in [0.2, 0.25) is 0 Å². The molecule has 1 fully saturated rings. The zero-order valence-corrected chi connectivity index (χ0v) is 14.8. The number of alkyl halides is 3. The Morgan fingerprint density at radius 1 is 1.48 bits per heavy atom. The second-order valence-corrected chi connectivity index (χ2v) is 7.99. The molecule has 1 aliphatic rings. The minimum Gasteiger partial charge on any atom is -0.464 e. The number of halogens is 3. The number of hydrogen-bond acceptors (Lipinski definition) is 8. The molecule has 0 radical (unpaired) electrons. The summed E-state index contributed by atoms with van der Waals surface area (Å²) in [6.07, 6.45) is -4.60. The van der Waals surface area contributed by atoms with Crippen LogP contribution in [0.15, 0.2) is 9.72 Å². The Kier molecular flexibility index (Phi) is 6.37. The molecule has 25 heavy (non-hydrogen) atoms. The van der Waals surface area contributed by atoms with Gasteiger partial charge in [-0.25, -0.2) is 22.9 Å². The van der Waals surface area contributed by atoms with Gasteiger partial charge in [-0.05, 0) is 0 Å². The van der Waals surface area contributed by atoms with Gasteiger partial charge in [0.25, 0.3) is 10.0 Å². The number of carbonyl (C=O) groups excluding carboxylic acids is 1. The van der Waals surface area contributed by atoms with Crippen LogP contribution >= 0.6 is 11.3 Å². The predicted octanol–water partition coefficient (Wildman–Crippen LogP) is 0.0441. The number of aromatic nitrogens is 1. The first kappa shape index (κ1) is 20.0. The van der Waals surface area contributed by atoms with E-state index in [9.17, 15) is 26.4 Å². The molecular weight excluding hydrogens is 385 g/mol. The molecule has 0 spiro atoms. The number of piperazine rings is 1. The summed E-state index contributed by atoms with van der Waals surface area (Å²) in [6.45, 7) is 0.228. The third kappa shape index (κ3) is 4.88. The Bertz CT molecular complexity index is 701. The van der Waals surface area contributed by atoms with Gasteiger partial charge in [0.1, 0.15) is 6.04 Å². The molecule has 0 aromatic carbocycles. The second-order valence-electron chi connectivity index (χ2n) is 5.18. The largest absolute Gasteiger partial charge is 0.464 e. The molecule has 0 amide bonds. The molecule has 2 heterocycles. The van der Waals surface area contributed by atoms with E-state index in [1.54, 1.807) is 0 Å². The maximum atomic E-state index is 13.3. The first-order valence-electron chi connectivity index (χ1n) is 7.19. The van der Waals surface area contributed by atoms with Crippen molar-refractivity contribution in [1.29, 1.82) is 0 Å². The Balaban J connectivity index is 2.16. The molecular formula is C12H17F3N4O4S2. The number of esters is 1. The van der Waals surface area contributed by atoms with Crippen molar-refractivity contribution in [2.45, 2.75) is 16.4 Å². The first-order chi connectivity index (χ1) is 11.7. The zero-order valence-electron chi connectivity index (χ0n) is 13.2. The summed E-state index contributed by atoms with van der Waals surface area (Å²) >= 11 is 0.628. The summed E-state index contributed by atoms with van der Waals surface area (Å²) in [7, 11) is -3.28. The molecule has 1 aliphatic heterocycles. The van der Waals surface area contributed by atoms with E-state index in [4.69, 9.17) is 0 Å². The summed E-state index contributed by atoms with van der Waals surface area (Å²) in [6, 6.07) is -1.96. The minimum absolute atomic E-state index is 0.153. The maximum absolute atomic E-state index is 13.3. The topological polar surface area (TPSA) is 101 Å². The molecule has 0 bridgehead atoms. The monoisotopic (exact) mass is 402 g/mol. The third-order valence-corrected chi connectivity index (χ3v) is 6.39. The highest BCUT2D eigenvalue weighted by Crippen LogP contribution is 2.26. The zero-order chi connectivity index (χ0) is 18.7. The first-order valence-corrected chi connectivity index (χ1v) is 9.56. The van der Waals surface area contributed by atoms with Crippen LogP contribution < -0.4 is 10.0 Å². The summed E-state index contributed by atoms with van der Waals surface area (Å²) in [5.74, 6) is -0.976. The fraction of sp³-hybridized carbons (Fsp3) is 0.667. The van der Waals surface area contributed by atoms with Gasteiger partial charge in [0.15, 0.2) is 9.90 Å². The molecule has 142 valence electrons. The number of hydrogen-bond donors (Lipinski definition) is 2. The average Bonchev–Trinajstić information content (AvgIpc) is 3.04. The van der Waals surface area contributed by atoms with E-state index in [1.807, 2.05) is 4.72 Å². The summed E-state index contributed by atoms with van der Waals surface area (Å²) in [4.78, 5) is 16.3. The maximum Gasteiger partial charge on any atom is 0.405 e. The van der Waals surface area contributed by atoms with Crippen molar-refractivity contribution >= 4 is 27.3 Å². The van der Waals surface area contributed by atoms with Crippen molar-refractivity contribution in [2.24, 2.45) is 0 Å². The standard InChI is InChI=1S/C12H17F3N4O4S2/c1-23-10(20)9-11(24-7-17-9)25(21,22)18-6-8(12(13,14)15)19-4-2-16-3-5-19/h7-8,16,18H,2-6H2,1H3. The van der Waals surface area contributed by atoms with Crippen molar-refractivity contribution in [1.82, 2.24) is 19.9 Å². The molecule has 2 rings (SSSR count). The van der Waals surface area contributed by atoms with Gasteiger partial charge in [-0.1, -0.05) is 0 Å². The van der Waals surface area contributed by atoms with Gasteiger partial charge in [-0.2, -0.15) is 13.2 Å². The van der Waals surface area contributed by atoms with Gasteiger partial charge in [0, 0.05) is 32.7 Å². The van der Waals surface area contributed by atoms with Crippen LogP contribution in [0.3, 0.4) is 0 Å². The Morgan fingerprint density at radius 2 is 2.12 bits per heavy atom. The summed E-state index contributed by atoms with van der Waals surface area (Å²) in [5.41, 5.74) is 0.656. The van der Waals surface area contributed by atoms with Crippen LogP contribution in [0.4, 0.5) is 13.2 Å². The van der Waals surface area contributed by atoms with E-state index in [0.717, 1.165) is 12.6 Å². The molecule has 1 atom stereocenters. The molecule has 1 unspecified atom stereocenters. The number of sulfonamides is 1. The normalized spacial score (nSPS) is 18.1. The molecule has 0 aliphatic carbocycles. The molecule has 2 N–H and O–H groups in total. The van der Waals surface area contributed by atoms with E-state index in [2.05, 4.69) is 15.0 Å². The molecule has 0 saturated carbocycles. The third-order valence-electron chi connectivity index (χ3n) is 3.59. The van der Waals surface area contributed by atoms with Crippen LogP contribution in [0.1, 0.15) is 10.5 Å². The number of rotatable bonds is 6. The van der Waals surface area contributed by atoms with Crippen LogP contribution in [0.5, 0.6) is 0 Å². The average molecular weight is 402 g/mol. The van der Waals surface area contributed by atoms with Crippen molar-refractivity contribution in [3.05, 3.63) is 11.2 Å². The molecule has 1 saturated heterocycles. The summed E-state index contributed by atoms with van der Waals surface area (Å²) in [5, 5.41) is 2.94. The van der Waals surface area contributed by atoms with Crippen molar-refractivity contribution in [3.63, 3.8) is 0 Å². The van der Waals surface area contributed by atoms with Crippen LogP contribution in [-0.4, -0.2) is 76.3 Å². The SMILES string of the molecule is COC(=O)c1ncsc1S(=O)(=O)NCC(N1CCNCC1)C(F)(F)F. The number of thiazole rings is 1. The van der Waals surface area contributed by atoms with Gasteiger partial charge < -0.3 is 10.1 Å². The Morgan fingerprint density at radius 3 is 2.68 bits per heavy atom. The highest BCUT2D eigenvalue weighted by molar-refractivity contribution is 7.91. The number of methoxy groups -OCH3 is 1. The van der Waals surface area contributed by atoms with Gasteiger partial charge in [-0.15, -0.1) is 11.3 Å². The molecule has 8 nitrogen and oxygen atoms in total. The van der Waals surface area contributed by atoms with Gasteiger partial charge >= 0.3 is 12.1 Å². The lowest BCUT2D eigenvalue weighted by Gasteiger charge is -2.35. The van der Waals surface area contributed by atoms with E-state index >= 15 is 0 Å². The minimum atomic E-state index is -4.60. The number of nitrogens with zero attached hydrogens (tertiary/aromatic N) is 2. The summed E-state index contributed by atoms with van der Waals surface area (Å²) < 4.78 is 70.4. The van der Waals surface area contributed by atoms with Crippen LogP contribution in [0.25, 0.3) is 0 Å². The molecule has 1 aromatic rings. The molecule has 13 heteroatoms. The predicted molar refractivity (Wildman–Crippen MR) is 82.9 cm³/mol. The Labute approximate surface area is 146 Å². The fourth-order valence-corrected chi connectivity index (χ4v) is 4.57. The lowest BCUT2D eigenvalue weighted by molar-refractivity contribution is -0.182. The number of carbonyl (C=O) groups is 1. The van der Waals surface area contributed by atoms with Gasteiger partial charge in [0.2, 0.25) is 0 Å². The second kappa shape index (κ2) is 7.95. The Hall–Kier alpha value is -1.28. The lowest BCUT2D eigenvalue weighted by atomic mass is 10.2. The lowest BCUT2D eigenvalue weighted by Crippen LogP contribution is -2.57. The van der Waals surface area contributed by atoms with Crippen molar-refractivity contribution < 1.29 is 31.1 Å². The van der Waals surface area contributed by atoms with E-state index in [-0.39, 0.29) is 13.1 Å². The van der Waals surface area contributed by atoms with E-state index < -0.39 is 44.7 Å². The smallest absolute Gasteiger partial charge is 0.405 e. The fourth-order valence-electron chi connectivity index (χ4n) is 2.36. The van der Waals surface area contributed by atoms with Crippen LogP contribution in [-0.2, 0) is 14.8 Å². The van der Waals surface area contributed by atoms with Gasteiger partial charge in [-0.3, -0.25) is 4.90 Å². The van der Waals surface area contributed by atoms with Crippen molar-refractivity contribution in [3.8, 4) is 0 Å². The molecule has 1 aromatic heterocycles.